The van der Waals surface area contributed by atoms with Crippen molar-refractivity contribution in [1.82, 2.24) is 0 Å². The molecular weight excluding hydrogens is 250 g/mol. The van der Waals surface area contributed by atoms with Crippen LogP contribution in [0.25, 0.3) is 0 Å². The van der Waals surface area contributed by atoms with Crippen LogP contribution in [0, 0.1) is 0 Å². The Hall–Kier alpha value is -1.07. The first-order chi connectivity index (χ1) is 7.45. The number of nitrogens with one attached hydrogen (secondary N) is 1. The average Bonchev–Trinajstić information content (AvgIpc) is 2.17. The summed E-state index contributed by atoms with van der Waals surface area (Å²) in [4.78, 5) is 11.0. The number of benzene rings is 1. The highest BCUT2D eigenvalue weighted by molar-refractivity contribution is 7.91. The number of carbonyl (C=O) groups is 1. The van der Waals surface area contributed by atoms with Crippen LogP contribution in [-0.2, 0) is 14.6 Å². The second kappa shape index (κ2) is 5.32. The SMILES string of the molecule is CC(=O)Nc1ccc(S(=O)(=O)CCCl)cc1. The van der Waals surface area contributed by atoms with Gasteiger partial charge in [-0.05, 0) is 24.3 Å². The van der Waals surface area contributed by atoms with Crippen molar-refractivity contribution in [2.45, 2.75) is 11.8 Å². The summed E-state index contributed by atoms with van der Waals surface area (Å²) in [6.45, 7) is 1.39. The summed E-state index contributed by atoms with van der Waals surface area (Å²) in [6.07, 6.45) is 0. The molecule has 0 aliphatic carbocycles. The second-order valence-electron chi connectivity index (χ2n) is 3.21. The highest BCUT2D eigenvalue weighted by Crippen LogP contribution is 2.15. The summed E-state index contributed by atoms with van der Waals surface area (Å²) >= 11 is 5.40. The molecule has 0 aliphatic heterocycles. The Labute approximate surface area is 99.5 Å². The lowest BCUT2D eigenvalue weighted by Gasteiger charge is -2.04. The smallest absolute Gasteiger partial charge is 0.221 e. The van der Waals surface area contributed by atoms with Crippen LogP contribution < -0.4 is 5.32 Å². The third-order valence-corrected chi connectivity index (χ3v) is 4.02. The Bertz CT molecular complexity index is 467. The van der Waals surface area contributed by atoms with E-state index in [4.69, 9.17) is 11.6 Å². The van der Waals surface area contributed by atoms with E-state index in [0.29, 0.717) is 5.69 Å². The topological polar surface area (TPSA) is 63.2 Å². The standard InChI is InChI=1S/C10H12ClNO3S/c1-8(13)12-9-2-4-10(5-3-9)16(14,15)7-6-11/h2-5H,6-7H2,1H3,(H,12,13). The van der Waals surface area contributed by atoms with Crippen molar-refractivity contribution in [2.24, 2.45) is 0 Å². The molecule has 0 bridgehead atoms. The van der Waals surface area contributed by atoms with Gasteiger partial charge in [0.15, 0.2) is 9.84 Å². The van der Waals surface area contributed by atoms with E-state index in [2.05, 4.69) is 5.32 Å². The molecule has 1 aromatic rings. The van der Waals surface area contributed by atoms with Gasteiger partial charge in [-0.1, -0.05) is 0 Å². The zero-order valence-electron chi connectivity index (χ0n) is 8.73. The number of rotatable bonds is 4. The predicted octanol–water partition coefficient (Wildman–Crippen LogP) is 1.66. The van der Waals surface area contributed by atoms with Crippen LogP contribution in [0.4, 0.5) is 5.69 Å². The van der Waals surface area contributed by atoms with Crippen LogP contribution in [0.3, 0.4) is 0 Å². The quantitative estimate of drug-likeness (QED) is 0.839. The van der Waals surface area contributed by atoms with Crippen LogP contribution >= 0.6 is 11.6 Å². The van der Waals surface area contributed by atoms with E-state index in [0.717, 1.165) is 0 Å². The summed E-state index contributed by atoms with van der Waals surface area (Å²) in [5.41, 5.74) is 0.567. The molecule has 0 radical (unpaired) electrons. The monoisotopic (exact) mass is 261 g/mol. The molecule has 0 aromatic heterocycles. The van der Waals surface area contributed by atoms with Crippen LogP contribution in [-0.4, -0.2) is 26.0 Å². The Kier molecular flexibility index (Phi) is 4.32. The van der Waals surface area contributed by atoms with Gasteiger partial charge >= 0.3 is 0 Å². The maximum Gasteiger partial charge on any atom is 0.221 e. The molecule has 4 nitrogen and oxygen atoms in total. The lowest BCUT2D eigenvalue weighted by atomic mass is 10.3. The molecule has 0 heterocycles. The fraction of sp³-hybridized carbons (Fsp3) is 0.300. The number of hydrogen-bond donors (Lipinski definition) is 1. The number of halogens is 1. The summed E-state index contributed by atoms with van der Waals surface area (Å²) in [7, 11) is -3.30. The zero-order valence-corrected chi connectivity index (χ0v) is 10.3. The van der Waals surface area contributed by atoms with Crippen molar-refractivity contribution in [3.05, 3.63) is 24.3 Å². The van der Waals surface area contributed by atoms with Gasteiger partial charge in [0.25, 0.3) is 0 Å². The van der Waals surface area contributed by atoms with Gasteiger partial charge in [0.05, 0.1) is 10.6 Å². The first-order valence-corrected chi connectivity index (χ1v) is 6.81. The summed E-state index contributed by atoms with van der Waals surface area (Å²) in [5.74, 6) is -0.222. The normalized spacial score (nSPS) is 11.1. The van der Waals surface area contributed by atoms with Gasteiger partial charge in [0, 0.05) is 18.5 Å². The third-order valence-electron chi connectivity index (χ3n) is 1.88. The molecule has 0 aliphatic rings. The lowest BCUT2D eigenvalue weighted by Crippen LogP contribution is -2.09. The van der Waals surface area contributed by atoms with Gasteiger partial charge in [-0.3, -0.25) is 4.79 Å². The maximum absolute atomic E-state index is 11.6. The molecule has 88 valence electrons. The summed E-state index contributed by atoms with van der Waals surface area (Å²) < 4.78 is 23.2. The zero-order chi connectivity index (χ0) is 12.2. The van der Waals surface area contributed by atoms with Crippen molar-refractivity contribution >= 4 is 33.0 Å². The molecule has 1 rings (SSSR count). The van der Waals surface area contributed by atoms with Crippen molar-refractivity contribution in [1.29, 1.82) is 0 Å². The molecule has 0 saturated heterocycles. The lowest BCUT2D eigenvalue weighted by molar-refractivity contribution is -0.114. The Morgan fingerprint density at radius 3 is 2.31 bits per heavy atom. The maximum atomic E-state index is 11.6. The first kappa shape index (κ1) is 13.0. The highest BCUT2D eigenvalue weighted by Gasteiger charge is 2.12. The van der Waals surface area contributed by atoms with Gasteiger partial charge in [-0.25, -0.2) is 8.42 Å². The Morgan fingerprint density at radius 2 is 1.88 bits per heavy atom. The van der Waals surface area contributed by atoms with Gasteiger partial charge < -0.3 is 5.32 Å². The number of carbonyl (C=O) groups excluding carboxylic acids is 1. The van der Waals surface area contributed by atoms with Gasteiger partial charge in [0.1, 0.15) is 0 Å². The van der Waals surface area contributed by atoms with Crippen LogP contribution in [0.5, 0.6) is 0 Å². The van der Waals surface area contributed by atoms with Crippen molar-refractivity contribution < 1.29 is 13.2 Å². The van der Waals surface area contributed by atoms with Crippen LogP contribution in [0.15, 0.2) is 29.2 Å². The minimum atomic E-state index is -3.30. The number of amides is 1. The van der Waals surface area contributed by atoms with E-state index in [1.165, 1.54) is 19.1 Å². The first-order valence-electron chi connectivity index (χ1n) is 4.62. The molecule has 1 N–H and O–H groups in total. The summed E-state index contributed by atoms with van der Waals surface area (Å²) in [5, 5.41) is 2.56. The molecule has 0 unspecified atom stereocenters. The number of alkyl halides is 1. The largest absolute Gasteiger partial charge is 0.326 e. The predicted molar refractivity (Wildman–Crippen MR) is 63.5 cm³/mol. The fourth-order valence-electron chi connectivity index (χ4n) is 1.17. The second-order valence-corrected chi connectivity index (χ2v) is 5.70. The third kappa shape index (κ3) is 3.50. The van der Waals surface area contributed by atoms with Gasteiger partial charge in [-0.15, -0.1) is 11.6 Å². The molecule has 1 amide bonds. The Morgan fingerprint density at radius 1 is 1.31 bits per heavy atom. The van der Waals surface area contributed by atoms with Crippen LogP contribution in [0.2, 0.25) is 0 Å². The number of anilines is 1. The van der Waals surface area contributed by atoms with Gasteiger partial charge in [-0.2, -0.15) is 0 Å². The van der Waals surface area contributed by atoms with Crippen molar-refractivity contribution in [3.8, 4) is 0 Å². The average molecular weight is 262 g/mol. The molecule has 0 spiro atoms. The van der Waals surface area contributed by atoms with Crippen molar-refractivity contribution in [3.63, 3.8) is 0 Å². The van der Waals surface area contributed by atoms with E-state index >= 15 is 0 Å². The molecule has 0 atom stereocenters. The molecule has 0 fully saturated rings. The fourth-order valence-corrected chi connectivity index (χ4v) is 2.77. The number of sulfone groups is 1. The minimum Gasteiger partial charge on any atom is -0.326 e. The Balaban J connectivity index is 2.91. The summed E-state index contributed by atoms with van der Waals surface area (Å²) in [6, 6.07) is 5.99. The van der Waals surface area contributed by atoms with Crippen LogP contribution in [0.1, 0.15) is 6.92 Å². The number of hydrogen-bond acceptors (Lipinski definition) is 3. The van der Waals surface area contributed by atoms with E-state index in [9.17, 15) is 13.2 Å². The highest BCUT2D eigenvalue weighted by atomic mass is 35.5. The minimum absolute atomic E-state index is 0.0653. The molecule has 1 aromatic carbocycles. The van der Waals surface area contributed by atoms with E-state index in [-0.39, 0.29) is 22.4 Å². The van der Waals surface area contributed by atoms with E-state index in [1.807, 2.05) is 0 Å². The van der Waals surface area contributed by atoms with E-state index in [1.54, 1.807) is 12.1 Å². The molecular formula is C10H12ClNO3S. The van der Waals surface area contributed by atoms with Crippen molar-refractivity contribution in [2.75, 3.05) is 16.9 Å². The molecule has 16 heavy (non-hydrogen) atoms. The molecule has 6 heteroatoms. The van der Waals surface area contributed by atoms with E-state index < -0.39 is 9.84 Å². The molecule has 0 saturated carbocycles. The van der Waals surface area contributed by atoms with Gasteiger partial charge in [0.2, 0.25) is 5.91 Å².